The zero-order valence-corrected chi connectivity index (χ0v) is 32.7. The Morgan fingerprint density at radius 1 is 0.640 bits per heavy atom. The average molecular weight is 724 g/mol. The van der Waals surface area contributed by atoms with Crippen molar-refractivity contribution >= 4 is 75.8 Å². The van der Waals surface area contributed by atoms with Gasteiger partial charge in [-0.2, -0.15) is 0 Å². The van der Waals surface area contributed by atoms with Gasteiger partial charge in [0.25, 0.3) is 0 Å². The van der Waals surface area contributed by atoms with Gasteiger partial charge in [0.2, 0.25) is 16.7 Å². The van der Waals surface area contributed by atoms with E-state index < -0.39 is 30.0 Å². The minimum atomic E-state index is -5.04. The van der Waals surface area contributed by atoms with E-state index in [1.807, 2.05) is 53.1 Å². The van der Waals surface area contributed by atoms with Crippen LogP contribution in [0.25, 0.3) is 38.5 Å². The Morgan fingerprint density at radius 2 is 1.26 bits per heavy atom. The second-order valence-corrected chi connectivity index (χ2v) is 13.5. The van der Waals surface area contributed by atoms with Gasteiger partial charge in [-0.1, -0.05) is 60.7 Å². The summed E-state index contributed by atoms with van der Waals surface area (Å²) in [6.07, 6.45) is 0. The first-order valence-electron chi connectivity index (χ1n) is 14.5. The number of hydrogen-bond donors (Lipinski definition) is 2. The fraction of sp³-hybridized carbons (Fsp3) is 0.0286. The van der Waals surface area contributed by atoms with Gasteiger partial charge >= 0.3 is 59.1 Å². The van der Waals surface area contributed by atoms with Crippen molar-refractivity contribution in [1.29, 1.82) is 0 Å². The molecule has 15 heteroatoms. The molecule has 0 spiro atoms. The Morgan fingerprint density at radius 3 is 1.92 bits per heavy atom. The van der Waals surface area contributed by atoms with E-state index in [1.165, 1.54) is 31.4 Å². The van der Waals surface area contributed by atoms with Crippen LogP contribution in [0, 0.1) is 0 Å². The van der Waals surface area contributed by atoms with Crippen molar-refractivity contribution in [3.63, 3.8) is 0 Å². The van der Waals surface area contributed by atoms with E-state index in [2.05, 4.69) is 10.6 Å². The summed E-state index contributed by atoms with van der Waals surface area (Å²) in [5.74, 6) is 0.423. The van der Waals surface area contributed by atoms with Gasteiger partial charge in [-0.3, -0.25) is 0 Å². The zero-order chi connectivity index (χ0) is 33.6. The Hall–Kier alpha value is -3.60. The predicted octanol–water partition coefficient (Wildman–Crippen LogP) is 0.130. The smallest absolute Gasteiger partial charge is 0.744 e. The van der Waals surface area contributed by atoms with E-state index in [0.717, 1.165) is 0 Å². The molecule has 50 heavy (non-hydrogen) atoms. The first-order chi connectivity index (χ1) is 23.0. The van der Waals surface area contributed by atoms with Crippen molar-refractivity contribution in [3.8, 4) is 11.4 Å². The van der Waals surface area contributed by atoms with Gasteiger partial charge in [0.05, 0.1) is 34.0 Å². The van der Waals surface area contributed by atoms with Gasteiger partial charge in [-0.15, -0.1) is 4.57 Å². The normalized spacial score (nSPS) is 11.5. The van der Waals surface area contributed by atoms with Crippen LogP contribution in [0.2, 0.25) is 0 Å². The van der Waals surface area contributed by atoms with Gasteiger partial charge in [0, 0.05) is 40.7 Å². The van der Waals surface area contributed by atoms with Crippen molar-refractivity contribution < 1.29 is 94.4 Å². The number of hydrogen-bond acceptors (Lipinski definition) is 10. The molecule has 1 aromatic heterocycles. The van der Waals surface area contributed by atoms with Crippen LogP contribution in [0.1, 0.15) is 0 Å². The molecule has 240 valence electrons. The molecule has 11 nitrogen and oxygen atoms in total. The fourth-order valence-corrected chi connectivity index (χ4v) is 7.17. The summed E-state index contributed by atoms with van der Waals surface area (Å²) in [7, 11) is -8.51. The molecule has 0 aliphatic carbocycles. The zero-order valence-electron chi connectivity index (χ0n) is 27.1. The van der Waals surface area contributed by atoms with E-state index in [9.17, 15) is 25.9 Å². The molecule has 0 aliphatic rings. The average Bonchev–Trinajstić information content (AvgIpc) is 3.07. The van der Waals surface area contributed by atoms with E-state index in [4.69, 9.17) is 9.72 Å². The van der Waals surface area contributed by atoms with Crippen LogP contribution >= 0.6 is 0 Å². The summed E-state index contributed by atoms with van der Waals surface area (Å²) >= 11 is 0. The number of anilines is 4. The molecule has 0 aliphatic heterocycles. The minimum absolute atomic E-state index is 0. The van der Waals surface area contributed by atoms with Crippen molar-refractivity contribution in [2.24, 2.45) is 0 Å². The number of methoxy groups -OCH3 is 1. The van der Waals surface area contributed by atoms with Crippen LogP contribution in [-0.4, -0.2) is 38.0 Å². The van der Waals surface area contributed by atoms with Gasteiger partial charge < -0.3 is 24.5 Å². The molecule has 6 aromatic carbocycles. The summed E-state index contributed by atoms with van der Waals surface area (Å²) < 4.78 is 82.9. The van der Waals surface area contributed by atoms with Crippen LogP contribution in [0.3, 0.4) is 0 Å². The largest absolute Gasteiger partial charge is 1.00 e. The molecule has 0 fully saturated rings. The second kappa shape index (κ2) is 14.9. The molecule has 0 amide bonds. The molecule has 0 saturated heterocycles. The van der Waals surface area contributed by atoms with Crippen molar-refractivity contribution in [1.82, 2.24) is 4.98 Å². The van der Waals surface area contributed by atoms with Crippen LogP contribution < -0.4 is 79.1 Å². The monoisotopic (exact) mass is 723 g/mol. The topological polar surface area (TPSA) is 164 Å². The van der Waals surface area contributed by atoms with Crippen LogP contribution in [0.15, 0.2) is 131 Å². The molecular formula is C35H25N4Na2O7S2+. The number of nitrogens with one attached hydrogen (secondary N) is 2. The number of benzene rings is 6. The van der Waals surface area contributed by atoms with Crippen molar-refractivity contribution in [3.05, 3.63) is 121 Å². The number of aromatic nitrogens is 2. The third kappa shape index (κ3) is 7.25. The Balaban J connectivity index is 0.00000243. The van der Waals surface area contributed by atoms with Gasteiger partial charge in [0.1, 0.15) is 37.0 Å². The van der Waals surface area contributed by atoms with Crippen molar-refractivity contribution in [2.75, 3.05) is 17.7 Å². The van der Waals surface area contributed by atoms with E-state index in [1.54, 1.807) is 48.5 Å². The first-order valence-corrected chi connectivity index (χ1v) is 17.3. The molecule has 1 heterocycles. The number of para-hydroxylation sites is 4. The third-order valence-electron chi connectivity index (χ3n) is 7.85. The van der Waals surface area contributed by atoms with Crippen LogP contribution in [0.4, 0.5) is 22.7 Å². The number of rotatable bonds is 8. The van der Waals surface area contributed by atoms with Crippen LogP contribution in [0.5, 0.6) is 5.75 Å². The molecule has 7 rings (SSSR count). The van der Waals surface area contributed by atoms with E-state index in [0.29, 0.717) is 44.9 Å². The Bertz CT molecular complexity index is 2610. The maximum absolute atomic E-state index is 12.7. The summed E-state index contributed by atoms with van der Waals surface area (Å²) in [6.45, 7) is 0. The molecule has 0 bridgehead atoms. The van der Waals surface area contributed by atoms with Gasteiger partial charge in [0.15, 0.2) is 0 Å². The minimum Gasteiger partial charge on any atom is -0.744 e. The second-order valence-electron chi connectivity index (χ2n) is 10.8. The summed E-state index contributed by atoms with van der Waals surface area (Å²) in [4.78, 5) is 3.81. The standard InChI is InChI=1S/C35H26N4O7S2.2Na/c1-46-31-17-9-8-16-25(31)37-27-19-29-26(21-33(27)48(43,44)45)38-35-24-15-10-18-32(47(40,41)42)34(24)28(36-22-11-4-2-5-12-22)20-30(35)39(29)23-13-6-3-7-14-23;;/h2-21H,1H3,(H3,36,37,40,41,42,43,44,45);;/q;2*+1/p-1. The molecular weight excluding hydrogens is 699 g/mol. The predicted molar refractivity (Wildman–Crippen MR) is 180 cm³/mol. The molecule has 0 atom stereocenters. The van der Waals surface area contributed by atoms with Crippen molar-refractivity contribution in [2.45, 2.75) is 9.79 Å². The maximum atomic E-state index is 12.7. The quantitative estimate of drug-likeness (QED) is 0.0725. The van der Waals surface area contributed by atoms with Crippen LogP contribution in [-0.2, 0) is 20.2 Å². The molecule has 0 unspecified atom stereocenters. The van der Waals surface area contributed by atoms with Gasteiger partial charge in [-0.25, -0.2) is 21.8 Å². The summed E-state index contributed by atoms with van der Waals surface area (Å²) in [5, 5.41) is 6.76. The number of nitrogens with zero attached hydrogens (tertiary/aromatic N) is 2. The fourth-order valence-electron chi connectivity index (χ4n) is 5.82. The number of ether oxygens (including phenoxy) is 1. The molecule has 0 radical (unpaired) electrons. The van der Waals surface area contributed by atoms with E-state index in [-0.39, 0.29) is 81.2 Å². The van der Waals surface area contributed by atoms with E-state index >= 15 is 0 Å². The summed E-state index contributed by atoms with van der Waals surface area (Å²) in [5.41, 5.74) is 3.38. The molecule has 0 saturated carbocycles. The maximum Gasteiger partial charge on any atom is 1.00 e. The number of fused-ring (bicyclic) bond motifs is 4. The Labute approximate surface area is 332 Å². The Kier molecular flexibility index (Phi) is 11.2. The molecule has 7 aromatic rings. The molecule has 2 N–H and O–H groups in total. The first kappa shape index (κ1) is 37.7. The third-order valence-corrected chi connectivity index (χ3v) is 9.60. The summed E-state index contributed by atoms with van der Waals surface area (Å²) in [6, 6.07) is 33.9. The van der Waals surface area contributed by atoms with Gasteiger partial charge in [-0.05, 0) is 36.4 Å². The SMILES string of the molecule is COc1ccccc1Nc1cc2c(cc1S(=O)(=O)[O-])nc1c3cccc(S(=O)(=O)[O-])c3c(Nc3ccccc3)cc1[n+]2-c1ccccc1.[Na+].[Na+].